The lowest BCUT2D eigenvalue weighted by Gasteiger charge is -2.46. The van der Waals surface area contributed by atoms with Crippen molar-refractivity contribution in [2.24, 2.45) is 0 Å². The molecule has 9 N–H and O–H groups in total. The second-order valence-electron chi connectivity index (χ2n) is 24.3. The summed E-state index contributed by atoms with van der Waals surface area (Å²) in [5.74, 6) is -0.255. The first-order valence-electron chi connectivity index (χ1n) is 35.3. The van der Waals surface area contributed by atoms with Gasteiger partial charge in [-0.2, -0.15) is 0 Å². The van der Waals surface area contributed by atoms with E-state index in [0.29, 0.717) is 12.8 Å². The summed E-state index contributed by atoms with van der Waals surface area (Å²) in [4.78, 5) is 13.3. The van der Waals surface area contributed by atoms with E-state index in [1.807, 2.05) is 6.08 Å². The normalized spacial score (nSPS) is 23.8. The van der Waals surface area contributed by atoms with Gasteiger partial charge < -0.3 is 65.1 Å². The number of aliphatic hydroxyl groups excluding tert-OH is 8. The molecule has 1 amide bonds. The summed E-state index contributed by atoms with van der Waals surface area (Å²) in [5.41, 5.74) is 0. The van der Waals surface area contributed by atoms with Gasteiger partial charge in [-0.05, 0) is 96.3 Å². The van der Waals surface area contributed by atoms with Crippen molar-refractivity contribution in [1.82, 2.24) is 5.32 Å². The van der Waals surface area contributed by atoms with Crippen molar-refractivity contribution < 1.29 is 64.6 Å². The summed E-state index contributed by atoms with van der Waals surface area (Å²) >= 11 is 0. The monoisotopic (exact) mass is 1250 g/mol. The molecule has 0 spiro atoms. The maximum Gasteiger partial charge on any atom is 0.220 e. The van der Waals surface area contributed by atoms with Crippen LogP contribution >= 0.6 is 0 Å². The van der Waals surface area contributed by atoms with Crippen LogP contribution in [-0.2, 0) is 23.7 Å². The number of hydrogen-bond donors (Lipinski definition) is 9. The molecule has 2 aliphatic heterocycles. The first-order valence-corrected chi connectivity index (χ1v) is 35.3. The van der Waals surface area contributed by atoms with Crippen LogP contribution in [0.4, 0.5) is 0 Å². The molecule has 2 rings (SSSR count). The highest BCUT2D eigenvalue weighted by Crippen LogP contribution is 2.30. The molecule has 0 aromatic heterocycles. The average Bonchev–Trinajstić information content (AvgIpc) is 1.44. The van der Waals surface area contributed by atoms with Gasteiger partial charge in [-0.3, -0.25) is 4.79 Å². The molecule has 14 nitrogen and oxygen atoms in total. The standard InChI is InChI=1S/C75H127NO13/c1-3-5-7-9-11-13-15-17-19-21-23-24-25-26-27-28-29-30-31-32-33-34-35-36-37-38-39-40-41-43-45-47-49-51-53-55-57-59-67(80)76-63(64(79)58-56-54-52-50-48-46-44-42-22-20-18-16-14-12-10-8-6-4-2)62-86-74-72(85)70(83)73(66(61-78)88-74)89-75-71(84)69(82)68(81)65(60-77)87-75/h5,7,11,13,17,19,23-24,26-27,29-30,32-33,35-36,48,50,56,58,63-66,68-75,77-79,81-85H,3-4,6,8-10,12,14-16,18,20-22,25,28,31,34,37-47,49,51-55,57,59-62H2,1-2H3,(H,76,80)/b7-5-,13-11-,19-17-,24-23-,27-26-,30-29-,33-32-,36-35-,50-48+,58-56+. The maximum atomic E-state index is 13.3. The van der Waals surface area contributed by atoms with Crippen LogP contribution in [0.15, 0.2) is 122 Å². The molecule has 2 aliphatic rings. The smallest absolute Gasteiger partial charge is 0.220 e. The Morgan fingerprint density at radius 1 is 0.416 bits per heavy atom. The van der Waals surface area contributed by atoms with Crippen LogP contribution in [0.5, 0.6) is 0 Å². The van der Waals surface area contributed by atoms with Crippen molar-refractivity contribution in [3.63, 3.8) is 0 Å². The number of hydrogen-bond acceptors (Lipinski definition) is 13. The van der Waals surface area contributed by atoms with Gasteiger partial charge in [-0.15, -0.1) is 0 Å². The van der Waals surface area contributed by atoms with Gasteiger partial charge in [-0.1, -0.05) is 270 Å². The Balaban J connectivity index is 1.65. The summed E-state index contributed by atoms with van der Waals surface area (Å²) in [5, 5.41) is 87.3. The third-order valence-electron chi connectivity index (χ3n) is 16.4. The largest absolute Gasteiger partial charge is 0.394 e. The number of amides is 1. The lowest BCUT2D eigenvalue weighted by Crippen LogP contribution is -2.65. The fourth-order valence-corrected chi connectivity index (χ4v) is 10.8. The number of ether oxygens (including phenoxy) is 4. The minimum Gasteiger partial charge on any atom is -0.394 e. The summed E-state index contributed by atoms with van der Waals surface area (Å²) < 4.78 is 22.8. The third-order valence-corrected chi connectivity index (χ3v) is 16.4. The van der Waals surface area contributed by atoms with Gasteiger partial charge in [-0.25, -0.2) is 0 Å². The van der Waals surface area contributed by atoms with Crippen LogP contribution in [0.3, 0.4) is 0 Å². The number of rotatable bonds is 56. The second kappa shape index (κ2) is 58.2. The minimum absolute atomic E-state index is 0.255. The second-order valence-corrected chi connectivity index (χ2v) is 24.3. The van der Waals surface area contributed by atoms with E-state index in [1.165, 1.54) is 128 Å². The molecule has 0 aromatic carbocycles. The van der Waals surface area contributed by atoms with E-state index in [9.17, 15) is 45.6 Å². The van der Waals surface area contributed by atoms with E-state index in [0.717, 1.165) is 89.9 Å². The Bertz CT molecular complexity index is 1960. The Morgan fingerprint density at radius 3 is 1.24 bits per heavy atom. The van der Waals surface area contributed by atoms with Gasteiger partial charge in [0, 0.05) is 6.42 Å². The topological polar surface area (TPSA) is 228 Å². The fourth-order valence-electron chi connectivity index (χ4n) is 10.8. The van der Waals surface area contributed by atoms with Crippen molar-refractivity contribution in [2.45, 2.75) is 325 Å². The highest BCUT2D eigenvalue weighted by molar-refractivity contribution is 5.76. The summed E-state index contributed by atoms with van der Waals surface area (Å²) in [6.07, 6.45) is 68.2. The van der Waals surface area contributed by atoms with Crippen molar-refractivity contribution in [1.29, 1.82) is 0 Å². The number of unbranched alkanes of at least 4 members (excludes halogenated alkanes) is 25. The number of nitrogens with one attached hydrogen (secondary N) is 1. The van der Waals surface area contributed by atoms with E-state index in [2.05, 4.69) is 129 Å². The highest BCUT2D eigenvalue weighted by Gasteiger charge is 2.51. The lowest BCUT2D eigenvalue weighted by molar-refractivity contribution is -0.359. The van der Waals surface area contributed by atoms with Crippen LogP contribution in [0.25, 0.3) is 0 Å². The number of carbonyl (C=O) groups excluding carboxylic acids is 1. The minimum atomic E-state index is -1.80. The average molecular weight is 1250 g/mol. The van der Waals surface area contributed by atoms with Crippen molar-refractivity contribution in [2.75, 3.05) is 19.8 Å². The van der Waals surface area contributed by atoms with Gasteiger partial charge in [0.05, 0.1) is 32.0 Å². The molecule has 0 aromatic rings. The molecule has 0 aliphatic carbocycles. The first kappa shape index (κ1) is 81.5. The Hall–Kier alpha value is -3.61. The molecule has 12 unspecified atom stereocenters. The zero-order chi connectivity index (χ0) is 64.5. The Labute approximate surface area is 539 Å². The molecular formula is C75H127NO13. The van der Waals surface area contributed by atoms with Gasteiger partial charge in [0.1, 0.15) is 48.8 Å². The first-order chi connectivity index (χ1) is 43.6. The molecule has 2 saturated heterocycles. The predicted octanol–water partition coefficient (Wildman–Crippen LogP) is 14.5. The Morgan fingerprint density at radius 2 is 0.787 bits per heavy atom. The zero-order valence-corrected chi connectivity index (χ0v) is 55.4. The lowest BCUT2D eigenvalue weighted by atomic mass is 9.97. The molecule has 2 fully saturated rings. The van der Waals surface area contributed by atoms with E-state index in [-0.39, 0.29) is 18.9 Å². The highest BCUT2D eigenvalue weighted by atomic mass is 16.7. The van der Waals surface area contributed by atoms with Crippen molar-refractivity contribution in [3.05, 3.63) is 122 Å². The Kier molecular flexibility index (Phi) is 53.3. The summed E-state index contributed by atoms with van der Waals surface area (Å²) in [6.45, 7) is 2.67. The van der Waals surface area contributed by atoms with Gasteiger partial charge >= 0.3 is 0 Å². The van der Waals surface area contributed by atoms with Crippen LogP contribution in [0.1, 0.15) is 251 Å². The molecule has 0 saturated carbocycles. The molecule has 12 atom stereocenters. The molecule has 14 heteroatoms. The van der Waals surface area contributed by atoms with Crippen LogP contribution in [0, 0.1) is 0 Å². The van der Waals surface area contributed by atoms with Gasteiger partial charge in [0.15, 0.2) is 12.6 Å². The molecule has 510 valence electrons. The predicted molar refractivity (Wildman–Crippen MR) is 364 cm³/mol. The zero-order valence-electron chi connectivity index (χ0n) is 55.4. The number of aliphatic hydroxyl groups is 8. The number of carbonyl (C=O) groups is 1. The van der Waals surface area contributed by atoms with E-state index >= 15 is 0 Å². The molecular weight excluding hydrogens is 1120 g/mol. The summed E-state index contributed by atoms with van der Waals surface area (Å²) in [6, 6.07) is -0.941. The quantitative estimate of drug-likeness (QED) is 0.0204. The van der Waals surface area contributed by atoms with E-state index < -0.39 is 86.8 Å². The fraction of sp³-hybridized carbons (Fsp3) is 0.720. The molecule has 0 bridgehead atoms. The SMILES string of the molecule is CC/C=C\C/C=C\C/C=C\C/C=C\C/C=C\C/C=C\C/C=C\C/C=C\CCCCCCCCCCCCCCC(=O)NC(COC1OC(CO)C(OC2OC(CO)C(O)C(O)C2O)C(O)C1O)C(O)/C=C/CC/C=C/CCCCCCCCCCCCCC. The third kappa shape index (κ3) is 42.3. The van der Waals surface area contributed by atoms with Crippen molar-refractivity contribution >= 4 is 5.91 Å². The molecule has 0 radical (unpaired) electrons. The van der Waals surface area contributed by atoms with Crippen LogP contribution < -0.4 is 5.32 Å². The van der Waals surface area contributed by atoms with Crippen LogP contribution in [0.2, 0.25) is 0 Å². The van der Waals surface area contributed by atoms with Crippen LogP contribution in [-0.4, -0.2) is 140 Å². The van der Waals surface area contributed by atoms with E-state index in [1.54, 1.807) is 6.08 Å². The maximum absolute atomic E-state index is 13.3. The molecule has 2 heterocycles. The summed E-state index contributed by atoms with van der Waals surface area (Å²) in [7, 11) is 0. The van der Waals surface area contributed by atoms with Gasteiger partial charge in [0.2, 0.25) is 5.91 Å². The molecule has 89 heavy (non-hydrogen) atoms. The van der Waals surface area contributed by atoms with Gasteiger partial charge in [0.25, 0.3) is 0 Å². The van der Waals surface area contributed by atoms with Crippen molar-refractivity contribution in [3.8, 4) is 0 Å². The van der Waals surface area contributed by atoms with E-state index in [4.69, 9.17) is 18.9 Å². The number of allylic oxidation sites excluding steroid dienone is 19.